The van der Waals surface area contributed by atoms with Gasteiger partial charge in [0, 0.05) is 37.0 Å². The van der Waals surface area contributed by atoms with Gasteiger partial charge in [0.25, 0.3) is 0 Å². The minimum atomic E-state index is -0.319. The minimum absolute atomic E-state index is 0.0325. The highest BCUT2D eigenvalue weighted by Crippen LogP contribution is 2.44. The quantitative estimate of drug-likeness (QED) is 0.620. The Kier molecular flexibility index (Phi) is 4.19. The molecule has 2 aliphatic rings. The van der Waals surface area contributed by atoms with Crippen LogP contribution in [0.3, 0.4) is 0 Å². The van der Waals surface area contributed by atoms with Crippen molar-refractivity contribution in [2.24, 2.45) is 5.92 Å². The summed E-state index contributed by atoms with van der Waals surface area (Å²) in [5, 5.41) is 3.65. The Hall–Kier alpha value is -1.43. The van der Waals surface area contributed by atoms with Crippen LogP contribution in [-0.2, 0) is 14.3 Å². The van der Waals surface area contributed by atoms with Crippen molar-refractivity contribution in [3.63, 3.8) is 0 Å². The molecule has 1 amide bonds. The van der Waals surface area contributed by atoms with Crippen molar-refractivity contribution < 1.29 is 14.3 Å². The van der Waals surface area contributed by atoms with E-state index in [9.17, 15) is 9.59 Å². The van der Waals surface area contributed by atoms with Gasteiger partial charge in [0.05, 0.1) is 17.2 Å². The van der Waals surface area contributed by atoms with Crippen molar-refractivity contribution in [3.05, 3.63) is 22.4 Å². The fraction of sp³-hybridized carbons (Fsp3) is 0.538. The second-order valence-corrected chi connectivity index (χ2v) is 5.45. The highest BCUT2D eigenvalue weighted by atomic mass is 32.2. The predicted molar refractivity (Wildman–Crippen MR) is 74.1 cm³/mol. The molecule has 0 saturated carbocycles. The second-order valence-electron chi connectivity index (χ2n) is 4.49. The van der Waals surface area contributed by atoms with E-state index in [1.807, 2.05) is 6.92 Å². The number of nitrogens with one attached hydrogen (secondary N) is 1. The van der Waals surface area contributed by atoms with Gasteiger partial charge in [-0.2, -0.15) is 0 Å². The Labute approximate surface area is 117 Å². The number of amides is 1. The van der Waals surface area contributed by atoms with Gasteiger partial charge in [-0.05, 0) is 6.92 Å². The van der Waals surface area contributed by atoms with Gasteiger partial charge in [-0.3, -0.25) is 4.79 Å². The van der Waals surface area contributed by atoms with E-state index in [-0.39, 0.29) is 17.8 Å². The molecule has 0 bridgehead atoms. The number of nitrogens with zero attached hydrogens (tertiary/aromatic N) is 1. The molecular weight excluding hydrogens is 264 g/mol. The standard InChI is InChI=1S/C13H18N2O3S/c1-4-18-10(16)5-9-7-19-13-11(12(17)14-3)8(2)6-15(9)13/h5,8H,4,6-7H2,1-3H3,(H,14,17). The average Bonchev–Trinajstić information content (AvgIpc) is 2.88. The first kappa shape index (κ1) is 14.0. The van der Waals surface area contributed by atoms with Crippen molar-refractivity contribution in [3.8, 4) is 0 Å². The van der Waals surface area contributed by atoms with Gasteiger partial charge in [0.2, 0.25) is 5.91 Å². The largest absolute Gasteiger partial charge is 0.463 e. The maximum atomic E-state index is 11.9. The van der Waals surface area contributed by atoms with Crippen LogP contribution in [0.15, 0.2) is 22.4 Å². The summed E-state index contributed by atoms with van der Waals surface area (Å²) in [6, 6.07) is 0. The molecule has 0 radical (unpaired) electrons. The maximum Gasteiger partial charge on any atom is 0.332 e. The summed E-state index contributed by atoms with van der Waals surface area (Å²) in [5.74, 6) is 0.532. The highest BCUT2D eigenvalue weighted by Gasteiger charge is 2.38. The number of rotatable bonds is 3. The molecule has 1 N–H and O–H groups in total. The average molecular weight is 282 g/mol. The summed E-state index contributed by atoms with van der Waals surface area (Å²) in [4.78, 5) is 25.4. The molecule has 1 atom stereocenters. The number of thioether (sulfide) groups is 1. The normalized spacial score (nSPS) is 23.8. The van der Waals surface area contributed by atoms with E-state index >= 15 is 0 Å². The van der Waals surface area contributed by atoms with Crippen LogP contribution in [0.2, 0.25) is 0 Å². The zero-order valence-corrected chi connectivity index (χ0v) is 12.2. The van der Waals surface area contributed by atoms with Gasteiger partial charge in [-0.15, -0.1) is 11.8 Å². The van der Waals surface area contributed by atoms with Crippen LogP contribution in [0.5, 0.6) is 0 Å². The molecule has 19 heavy (non-hydrogen) atoms. The van der Waals surface area contributed by atoms with E-state index in [2.05, 4.69) is 10.2 Å². The molecule has 0 aromatic rings. The molecule has 1 unspecified atom stereocenters. The molecule has 0 aromatic carbocycles. The van der Waals surface area contributed by atoms with E-state index in [4.69, 9.17) is 4.74 Å². The summed E-state index contributed by atoms with van der Waals surface area (Å²) in [6.07, 6.45) is 1.53. The smallest absolute Gasteiger partial charge is 0.332 e. The third-order valence-corrected chi connectivity index (χ3v) is 4.32. The monoisotopic (exact) mass is 282 g/mol. The van der Waals surface area contributed by atoms with Crippen LogP contribution >= 0.6 is 11.8 Å². The lowest BCUT2D eigenvalue weighted by molar-refractivity contribution is -0.137. The van der Waals surface area contributed by atoms with Crippen LogP contribution in [0, 0.1) is 5.92 Å². The number of fused-ring (bicyclic) bond motifs is 1. The lowest BCUT2D eigenvalue weighted by Gasteiger charge is -2.15. The summed E-state index contributed by atoms with van der Waals surface area (Å²) in [7, 11) is 1.64. The topological polar surface area (TPSA) is 58.6 Å². The molecule has 104 valence electrons. The van der Waals surface area contributed by atoms with Crippen LogP contribution in [-0.4, -0.2) is 42.7 Å². The van der Waals surface area contributed by atoms with Crippen molar-refractivity contribution >= 4 is 23.6 Å². The van der Waals surface area contributed by atoms with Gasteiger partial charge in [-0.1, -0.05) is 6.92 Å². The molecule has 0 aliphatic carbocycles. The number of hydrogen-bond donors (Lipinski definition) is 1. The Balaban J connectivity index is 2.23. The number of carbonyl (C=O) groups is 2. The number of hydrogen-bond acceptors (Lipinski definition) is 5. The number of ether oxygens (including phenoxy) is 1. The molecule has 1 fully saturated rings. The molecule has 0 spiro atoms. The van der Waals surface area contributed by atoms with Gasteiger partial charge in [0.1, 0.15) is 0 Å². The first-order valence-electron chi connectivity index (χ1n) is 6.32. The van der Waals surface area contributed by atoms with Crippen LogP contribution in [0.1, 0.15) is 13.8 Å². The first-order chi connectivity index (χ1) is 9.08. The Morgan fingerprint density at radius 3 is 2.95 bits per heavy atom. The molecule has 5 nitrogen and oxygen atoms in total. The zero-order chi connectivity index (χ0) is 14.0. The summed E-state index contributed by atoms with van der Waals surface area (Å²) >= 11 is 1.61. The van der Waals surface area contributed by atoms with Crippen molar-refractivity contribution in [1.29, 1.82) is 0 Å². The molecule has 0 aromatic heterocycles. The van der Waals surface area contributed by atoms with Crippen LogP contribution in [0.25, 0.3) is 0 Å². The minimum Gasteiger partial charge on any atom is -0.463 e. The highest BCUT2D eigenvalue weighted by molar-refractivity contribution is 8.03. The molecular formula is C13H18N2O3S. The third kappa shape index (κ3) is 2.63. The van der Waals surface area contributed by atoms with Crippen LogP contribution < -0.4 is 5.32 Å². The lowest BCUT2D eigenvalue weighted by atomic mass is 10.0. The zero-order valence-electron chi connectivity index (χ0n) is 11.4. The van der Waals surface area contributed by atoms with Crippen LogP contribution in [0.4, 0.5) is 0 Å². The molecule has 6 heteroatoms. The Morgan fingerprint density at radius 1 is 1.58 bits per heavy atom. The summed E-state index contributed by atoms with van der Waals surface area (Å²) in [6.45, 7) is 4.93. The second kappa shape index (κ2) is 5.69. The van der Waals surface area contributed by atoms with Gasteiger partial charge in [0.15, 0.2) is 0 Å². The van der Waals surface area contributed by atoms with Gasteiger partial charge < -0.3 is 15.0 Å². The SMILES string of the molecule is CCOC(=O)C=C1CSC2=C(C(=O)NC)C(C)CN12. The fourth-order valence-electron chi connectivity index (χ4n) is 2.32. The first-order valence-corrected chi connectivity index (χ1v) is 7.31. The van der Waals surface area contributed by atoms with Gasteiger partial charge >= 0.3 is 5.97 Å². The molecule has 2 aliphatic heterocycles. The van der Waals surface area contributed by atoms with E-state index in [1.54, 1.807) is 25.7 Å². The molecule has 2 heterocycles. The van der Waals surface area contributed by atoms with Crippen molar-refractivity contribution in [1.82, 2.24) is 10.2 Å². The summed E-state index contributed by atoms with van der Waals surface area (Å²) in [5.41, 5.74) is 1.74. The third-order valence-electron chi connectivity index (χ3n) is 3.17. The van der Waals surface area contributed by atoms with Gasteiger partial charge in [-0.25, -0.2) is 4.79 Å². The van der Waals surface area contributed by atoms with E-state index in [1.165, 1.54) is 6.08 Å². The van der Waals surface area contributed by atoms with Crippen molar-refractivity contribution in [2.45, 2.75) is 13.8 Å². The van der Waals surface area contributed by atoms with E-state index < -0.39 is 0 Å². The summed E-state index contributed by atoms with van der Waals surface area (Å²) < 4.78 is 4.93. The number of esters is 1. The molecule has 2 rings (SSSR count). The Morgan fingerprint density at radius 2 is 2.32 bits per heavy atom. The van der Waals surface area contributed by atoms with Crippen molar-refractivity contribution in [2.75, 3.05) is 26.0 Å². The molecule has 1 saturated heterocycles. The number of carbonyl (C=O) groups excluding carboxylic acids is 2. The Bertz CT molecular complexity index is 471. The lowest BCUT2D eigenvalue weighted by Crippen LogP contribution is -2.23. The van der Waals surface area contributed by atoms with E-state index in [0.29, 0.717) is 12.4 Å². The fourth-order valence-corrected chi connectivity index (χ4v) is 3.64. The van der Waals surface area contributed by atoms with E-state index in [0.717, 1.165) is 22.8 Å². The number of likely N-dealkylation sites (N-methyl/N-ethyl adjacent to an activating group) is 1. The predicted octanol–water partition coefficient (Wildman–Crippen LogP) is 1.09. The maximum absolute atomic E-state index is 11.9.